The van der Waals surface area contributed by atoms with Gasteiger partial charge in [0.15, 0.2) is 0 Å². The topological polar surface area (TPSA) is 55.6 Å². The first-order valence-electron chi connectivity index (χ1n) is 5.81. The van der Waals surface area contributed by atoms with Gasteiger partial charge < -0.3 is 15.4 Å². The maximum absolute atomic E-state index is 12.3. The SMILES string of the molecule is CC(C)(C)C(N)C(=O)N1CCOCC1(C)C. The van der Waals surface area contributed by atoms with Crippen LogP contribution < -0.4 is 5.73 Å². The molecule has 0 aliphatic carbocycles. The predicted molar refractivity (Wildman–Crippen MR) is 64.0 cm³/mol. The highest BCUT2D eigenvalue weighted by molar-refractivity contribution is 5.83. The monoisotopic (exact) mass is 228 g/mol. The van der Waals surface area contributed by atoms with Crippen LogP contribution in [0.1, 0.15) is 34.6 Å². The molecule has 0 radical (unpaired) electrons. The van der Waals surface area contributed by atoms with Gasteiger partial charge in [0, 0.05) is 6.54 Å². The second-order valence-electron chi connectivity index (χ2n) is 6.20. The molecule has 1 saturated heterocycles. The van der Waals surface area contributed by atoms with E-state index in [9.17, 15) is 4.79 Å². The molecule has 0 aromatic heterocycles. The number of rotatable bonds is 1. The number of nitrogens with zero attached hydrogens (tertiary/aromatic N) is 1. The largest absolute Gasteiger partial charge is 0.377 e. The number of carbonyl (C=O) groups is 1. The van der Waals surface area contributed by atoms with Crippen LogP contribution in [0.4, 0.5) is 0 Å². The molecule has 1 rings (SSSR count). The Hall–Kier alpha value is -0.610. The van der Waals surface area contributed by atoms with Gasteiger partial charge in [-0.2, -0.15) is 0 Å². The van der Waals surface area contributed by atoms with Crippen LogP contribution in [0.25, 0.3) is 0 Å². The average Bonchev–Trinajstić information content (AvgIpc) is 2.13. The molecule has 0 spiro atoms. The summed E-state index contributed by atoms with van der Waals surface area (Å²) in [5.74, 6) is 0.0285. The van der Waals surface area contributed by atoms with Crippen molar-refractivity contribution in [3.63, 3.8) is 0 Å². The Labute approximate surface area is 98.1 Å². The van der Waals surface area contributed by atoms with Crippen LogP contribution in [0.5, 0.6) is 0 Å². The first-order chi connectivity index (χ1) is 7.16. The molecule has 0 saturated carbocycles. The van der Waals surface area contributed by atoms with Gasteiger partial charge in [-0.15, -0.1) is 0 Å². The van der Waals surface area contributed by atoms with E-state index in [-0.39, 0.29) is 16.9 Å². The van der Waals surface area contributed by atoms with Gasteiger partial charge in [0.25, 0.3) is 0 Å². The zero-order valence-corrected chi connectivity index (χ0v) is 11.0. The Morgan fingerprint density at radius 2 is 2.00 bits per heavy atom. The highest BCUT2D eigenvalue weighted by Gasteiger charge is 2.39. The lowest BCUT2D eigenvalue weighted by atomic mass is 9.85. The fourth-order valence-electron chi connectivity index (χ4n) is 1.81. The third kappa shape index (κ3) is 2.74. The summed E-state index contributed by atoms with van der Waals surface area (Å²) in [5.41, 5.74) is 5.56. The molecule has 2 N–H and O–H groups in total. The van der Waals surface area contributed by atoms with Gasteiger partial charge in [-0.05, 0) is 19.3 Å². The van der Waals surface area contributed by atoms with E-state index < -0.39 is 6.04 Å². The van der Waals surface area contributed by atoms with Crippen molar-refractivity contribution >= 4 is 5.91 Å². The van der Waals surface area contributed by atoms with E-state index in [0.29, 0.717) is 19.8 Å². The molecule has 1 fully saturated rings. The van der Waals surface area contributed by atoms with Gasteiger partial charge >= 0.3 is 0 Å². The van der Waals surface area contributed by atoms with E-state index in [4.69, 9.17) is 10.5 Å². The first kappa shape index (κ1) is 13.5. The molecule has 0 bridgehead atoms. The van der Waals surface area contributed by atoms with Crippen molar-refractivity contribution in [2.24, 2.45) is 11.1 Å². The minimum atomic E-state index is -0.454. The van der Waals surface area contributed by atoms with Crippen LogP contribution in [0.15, 0.2) is 0 Å². The van der Waals surface area contributed by atoms with Gasteiger partial charge in [-0.25, -0.2) is 0 Å². The van der Waals surface area contributed by atoms with Crippen molar-refractivity contribution in [2.45, 2.75) is 46.2 Å². The second-order valence-corrected chi connectivity index (χ2v) is 6.20. The summed E-state index contributed by atoms with van der Waals surface area (Å²) in [6, 6.07) is -0.454. The lowest BCUT2D eigenvalue weighted by Crippen LogP contribution is -2.61. The summed E-state index contributed by atoms with van der Waals surface area (Å²) in [7, 11) is 0. The summed E-state index contributed by atoms with van der Waals surface area (Å²) in [5, 5.41) is 0. The molecule has 1 heterocycles. The fraction of sp³-hybridized carbons (Fsp3) is 0.917. The normalized spacial score (nSPS) is 23.0. The van der Waals surface area contributed by atoms with Gasteiger partial charge in [-0.3, -0.25) is 4.79 Å². The molecule has 1 aliphatic rings. The van der Waals surface area contributed by atoms with Crippen LogP contribution in [-0.4, -0.2) is 42.1 Å². The van der Waals surface area contributed by atoms with Gasteiger partial charge in [0.1, 0.15) is 0 Å². The summed E-state index contributed by atoms with van der Waals surface area (Å²) in [4.78, 5) is 14.2. The third-order valence-electron chi connectivity index (χ3n) is 3.11. The van der Waals surface area contributed by atoms with E-state index in [1.165, 1.54) is 0 Å². The van der Waals surface area contributed by atoms with Crippen molar-refractivity contribution in [1.29, 1.82) is 0 Å². The summed E-state index contributed by atoms with van der Waals surface area (Å²) < 4.78 is 5.40. The number of hydrogen-bond acceptors (Lipinski definition) is 3. The van der Waals surface area contributed by atoms with Crippen molar-refractivity contribution in [3.8, 4) is 0 Å². The molecule has 94 valence electrons. The fourth-order valence-corrected chi connectivity index (χ4v) is 1.81. The third-order valence-corrected chi connectivity index (χ3v) is 3.11. The van der Waals surface area contributed by atoms with E-state index in [2.05, 4.69) is 0 Å². The Bertz CT molecular complexity index is 269. The van der Waals surface area contributed by atoms with Crippen molar-refractivity contribution in [1.82, 2.24) is 4.90 Å². The predicted octanol–water partition coefficient (Wildman–Crippen LogP) is 0.997. The van der Waals surface area contributed by atoms with Crippen molar-refractivity contribution < 1.29 is 9.53 Å². The van der Waals surface area contributed by atoms with Crippen LogP contribution in [0.3, 0.4) is 0 Å². The van der Waals surface area contributed by atoms with Gasteiger partial charge in [0.2, 0.25) is 5.91 Å². The van der Waals surface area contributed by atoms with Crippen LogP contribution >= 0.6 is 0 Å². The zero-order valence-electron chi connectivity index (χ0n) is 11.0. The number of nitrogens with two attached hydrogens (primary N) is 1. The highest BCUT2D eigenvalue weighted by Crippen LogP contribution is 2.25. The molecule has 1 aliphatic heterocycles. The Kier molecular flexibility index (Phi) is 3.65. The van der Waals surface area contributed by atoms with E-state index in [1.807, 2.05) is 39.5 Å². The second kappa shape index (κ2) is 4.34. The molecule has 1 amide bonds. The van der Waals surface area contributed by atoms with E-state index in [0.717, 1.165) is 0 Å². The summed E-state index contributed by atoms with van der Waals surface area (Å²) >= 11 is 0. The maximum Gasteiger partial charge on any atom is 0.240 e. The number of amides is 1. The van der Waals surface area contributed by atoms with E-state index >= 15 is 0 Å². The lowest BCUT2D eigenvalue weighted by Gasteiger charge is -2.44. The van der Waals surface area contributed by atoms with Crippen molar-refractivity contribution in [3.05, 3.63) is 0 Å². The molecule has 4 nitrogen and oxygen atoms in total. The maximum atomic E-state index is 12.3. The number of morpholine rings is 1. The molecular formula is C12H24N2O2. The molecule has 1 atom stereocenters. The number of hydrogen-bond donors (Lipinski definition) is 1. The number of carbonyl (C=O) groups excluding carboxylic acids is 1. The van der Waals surface area contributed by atoms with E-state index in [1.54, 1.807) is 0 Å². The minimum absolute atomic E-state index is 0.0285. The van der Waals surface area contributed by atoms with Crippen molar-refractivity contribution in [2.75, 3.05) is 19.8 Å². The molecule has 0 aromatic rings. The quantitative estimate of drug-likeness (QED) is 0.728. The van der Waals surface area contributed by atoms with Crippen LogP contribution in [-0.2, 0) is 9.53 Å². The standard InChI is InChI=1S/C12H24N2O2/c1-11(2,3)9(13)10(15)14-6-7-16-8-12(14,4)5/h9H,6-8,13H2,1-5H3. The lowest BCUT2D eigenvalue weighted by molar-refractivity contribution is -0.150. The Balaban J connectivity index is 2.80. The smallest absolute Gasteiger partial charge is 0.240 e. The van der Waals surface area contributed by atoms with Crippen LogP contribution in [0, 0.1) is 5.41 Å². The molecule has 1 unspecified atom stereocenters. The summed E-state index contributed by atoms with van der Waals surface area (Å²) in [6.07, 6.45) is 0. The first-order valence-corrected chi connectivity index (χ1v) is 5.81. The summed E-state index contributed by atoms with van der Waals surface area (Å²) in [6.45, 7) is 11.8. The number of ether oxygens (including phenoxy) is 1. The van der Waals surface area contributed by atoms with Gasteiger partial charge in [-0.1, -0.05) is 20.8 Å². The molecular weight excluding hydrogens is 204 g/mol. The molecule has 16 heavy (non-hydrogen) atoms. The van der Waals surface area contributed by atoms with Gasteiger partial charge in [0.05, 0.1) is 24.8 Å². The average molecular weight is 228 g/mol. The Morgan fingerprint density at radius 1 is 1.44 bits per heavy atom. The molecule has 4 heteroatoms. The zero-order chi connectivity index (χ0) is 12.6. The Morgan fingerprint density at radius 3 is 2.44 bits per heavy atom. The minimum Gasteiger partial charge on any atom is -0.377 e. The molecule has 0 aromatic carbocycles. The van der Waals surface area contributed by atoms with Crippen LogP contribution in [0.2, 0.25) is 0 Å². The highest BCUT2D eigenvalue weighted by atomic mass is 16.5.